The quantitative estimate of drug-likeness (QED) is 0.899. The van der Waals surface area contributed by atoms with E-state index in [4.69, 9.17) is 16.3 Å². The molecule has 1 unspecified atom stereocenters. The summed E-state index contributed by atoms with van der Waals surface area (Å²) in [6.45, 7) is 1.52. The van der Waals surface area contributed by atoms with E-state index in [9.17, 15) is 4.79 Å². The van der Waals surface area contributed by atoms with Crippen molar-refractivity contribution in [1.29, 1.82) is 0 Å². The molecule has 92 valence electrons. The Hall–Kier alpha value is -1.06. The predicted molar refractivity (Wildman–Crippen MR) is 68.2 cm³/mol. The van der Waals surface area contributed by atoms with Gasteiger partial charge in [0.05, 0.1) is 0 Å². The standard InChI is InChI=1S/C13H16ClNO2/c14-11-4-1-5-12(8-11)15-13(16)7-10-3-2-6-17-9-10/h1,4-5,8,10H,2-3,6-7,9H2,(H,15,16). The second-order valence-corrected chi connectivity index (χ2v) is 4.78. The topological polar surface area (TPSA) is 38.3 Å². The van der Waals surface area contributed by atoms with Crippen molar-refractivity contribution < 1.29 is 9.53 Å². The number of ether oxygens (including phenoxy) is 1. The molecule has 1 heterocycles. The molecule has 0 radical (unpaired) electrons. The summed E-state index contributed by atoms with van der Waals surface area (Å²) in [6.07, 6.45) is 2.64. The van der Waals surface area contributed by atoms with Gasteiger partial charge in [0.25, 0.3) is 0 Å². The summed E-state index contributed by atoms with van der Waals surface area (Å²) in [5.41, 5.74) is 0.749. The highest BCUT2D eigenvalue weighted by atomic mass is 35.5. The zero-order chi connectivity index (χ0) is 12.1. The van der Waals surface area contributed by atoms with Crippen molar-refractivity contribution in [3.63, 3.8) is 0 Å². The van der Waals surface area contributed by atoms with Crippen LogP contribution in [0.1, 0.15) is 19.3 Å². The van der Waals surface area contributed by atoms with E-state index in [0.29, 0.717) is 24.0 Å². The minimum absolute atomic E-state index is 0.0303. The average molecular weight is 254 g/mol. The SMILES string of the molecule is O=C(CC1CCCOC1)Nc1cccc(Cl)c1. The molecule has 3 nitrogen and oxygen atoms in total. The number of amides is 1. The van der Waals surface area contributed by atoms with Gasteiger partial charge in [-0.2, -0.15) is 0 Å². The van der Waals surface area contributed by atoms with Crippen LogP contribution in [0.3, 0.4) is 0 Å². The molecule has 1 aliphatic heterocycles. The molecule has 0 spiro atoms. The van der Waals surface area contributed by atoms with Gasteiger partial charge in [-0.15, -0.1) is 0 Å². The van der Waals surface area contributed by atoms with Crippen LogP contribution < -0.4 is 5.32 Å². The van der Waals surface area contributed by atoms with E-state index < -0.39 is 0 Å². The lowest BCUT2D eigenvalue weighted by atomic mass is 9.98. The number of benzene rings is 1. The summed E-state index contributed by atoms with van der Waals surface area (Å²) < 4.78 is 5.35. The largest absolute Gasteiger partial charge is 0.381 e. The Morgan fingerprint density at radius 1 is 1.53 bits per heavy atom. The summed E-state index contributed by atoms with van der Waals surface area (Å²) in [5.74, 6) is 0.380. The van der Waals surface area contributed by atoms with Gasteiger partial charge in [-0.05, 0) is 37.0 Å². The summed E-state index contributed by atoms with van der Waals surface area (Å²) in [5, 5.41) is 3.48. The molecule has 0 bridgehead atoms. The van der Waals surface area contributed by atoms with Crippen molar-refractivity contribution >= 4 is 23.2 Å². The molecule has 1 N–H and O–H groups in total. The first-order valence-electron chi connectivity index (χ1n) is 5.87. The monoisotopic (exact) mass is 253 g/mol. The van der Waals surface area contributed by atoms with Crippen LogP contribution in [0, 0.1) is 5.92 Å². The molecular formula is C13H16ClNO2. The third kappa shape index (κ3) is 4.02. The van der Waals surface area contributed by atoms with Crippen molar-refractivity contribution in [2.24, 2.45) is 5.92 Å². The molecule has 17 heavy (non-hydrogen) atoms. The Bertz CT molecular complexity index is 389. The van der Waals surface area contributed by atoms with E-state index in [1.54, 1.807) is 12.1 Å². The zero-order valence-electron chi connectivity index (χ0n) is 9.62. The number of carbonyl (C=O) groups excluding carboxylic acids is 1. The first kappa shape index (κ1) is 12.4. The number of rotatable bonds is 3. The molecule has 1 aliphatic rings. The van der Waals surface area contributed by atoms with Crippen molar-refractivity contribution in [2.45, 2.75) is 19.3 Å². The Balaban J connectivity index is 1.84. The molecule has 0 saturated carbocycles. The van der Waals surface area contributed by atoms with Crippen LogP contribution in [-0.2, 0) is 9.53 Å². The van der Waals surface area contributed by atoms with E-state index in [1.165, 1.54) is 0 Å². The van der Waals surface area contributed by atoms with Gasteiger partial charge in [0.1, 0.15) is 0 Å². The van der Waals surface area contributed by atoms with Crippen molar-refractivity contribution in [2.75, 3.05) is 18.5 Å². The van der Waals surface area contributed by atoms with Gasteiger partial charge in [0.2, 0.25) is 5.91 Å². The maximum Gasteiger partial charge on any atom is 0.224 e. The predicted octanol–water partition coefficient (Wildman–Crippen LogP) is 3.10. The Morgan fingerprint density at radius 2 is 2.41 bits per heavy atom. The highest BCUT2D eigenvalue weighted by molar-refractivity contribution is 6.30. The van der Waals surface area contributed by atoms with E-state index in [1.807, 2.05) is 12.1 Å². The Morgan fingerprint density at radius 3 is 3.12 bits per heavy atom. The second-order valence-electron chi connectivity index (χ2n) is 4.35. The fourth-order valence-corrected chi connectivity index (χ4v) is 2.20. The molecule has 1 amide bonds. The van der Waals surface area contributed by atoms with E-state index in [-0.39, 0.29) is 5.91 Å². The maximum atomic E-state index is 11.8. The van der Waals surface area contributed by atoms with Gasteiger partial charge in [-0.25, -0.2) is 0 Å². The molecule has 0 aliphatic carbocycles. The van der Waals surface area contributed by atoms with Gasteiger partial charge in [0, 0.05) is 30.3 Å². The summed E-state index contributed by atoms with van der Waals surface area (Å²) in [4.78, 5) is 11.8. The average Bonchev–Trinajstić information content (AvgIpc) is 2.30. The summed E-state index contributed by atoms with van der Waals surface area (Å²) in [7, 11) is 0. The van der Waals surface area contributed by atoms with Gasteiger partial charge >= 0.3 is 0 Å². The Labute approximate surface area is 106 Å². The number of anilines is 1. The first-order valence-corrected chi connectivity index (χ1v) is 6.25. The maximum absolute atomic E-state index is 11.8. The lowest BCUT2D eigenvalue weighted by Gasteiger charge is -2.21. The van der Waals surface area contributed by atoms with Crippen LogP contribution in [0.15, 0.2) is 24.3 Å². The highest BCUT2D eigenvalue weighted by Gasteiger charge is 2.17. The molecule has 1 atom stereocenters. The van der Waals surface area contributed by atoms with Crippen molar-refractivity contribution in [1.82, 2.24) is 0 Å². The molecule has 1 aromatic carbocycles. The zero-order valence-corrected chi connectivity index (χ0v) is 10.4. The number of halogens is 1. The third-order valence-corrected chi connectivity index (χ3v) is 3.07. The Kier molecular flexibility index (Phi) is 4.40. The number of carbonyl (C=O) groups is 1. The smallest absolute Gasteiger partial charge is 0.224 e. The highest BCUT2D eigenvalue weighted by Crippen LogP contribution is 2.19. The van der Waals surface area contributed by atoms with Gasteiger partial charge < -0.3 is 10.1 Å². The van der Waals surface area contributed by atoms with Crippen molar-refractivity contribution in [3.8, 4) is 0 Å². The van der Waals surface area contributed by atoms with E-state index in [2.05, 4.69) is 5.32 Å². The lowest BCUT2D eigenvalue weighted by Crippen LogP contribution is -2.23. The molecule has 2 rings (SSSR count). The van der Waals surface area contributed by atoms with Gasteiger partial charge in [-0.3, -0.25) is 4.79 Å². The number of hydrogen-bond donors (Lipinski definition) is 1. The number of hydrogen-bond acceptors (Lipinski definition) is 2. The molecule has 1 fully saturated rings. The molecule has 4 heteroatoms. The van der Waals surface area contributed by atoms with Crippen LogP contribution in [0.5, 0.6) is 0 Å². The second kappa shape index (κ2) is 6.03. The normalized spacial score (nSPS) is 19.9. The number of nitrogens with one attached hydrogen (secondary N) is 1. The van der Waals surface area contributed by atoms with Crippen LogP contribution in [0.4, 0.5) is 5.69 Å². The lowest BCUT2D eigenvalue weighted by molar-refractivity contribution is -0.118. The van der Waals surface area contributed by atoms with Crippen LogP contribution in [0.25, 0.3) is 0 Å². The molecule has 1 aromatic rings. The first-order chi connectivity index (χ1) is 8.24. The van der Waals surface area contributed by atoms with E-state index >= 15 is 0 Å². The summed E-state index contributed by atoms with van der Waals surface area (Å²) >= 11 is 5.85. The molecule has 1 saturated heterocycles. The van der Waals surface area contributed by atoms with Crippen LogP contribution in [-0.4, -0.2) is 19.1 Å². The minimum Gasteiger partial charge on any atom is -0.381 e. The fraction of sp³-hybridized carbons (Fsp3) is 0.462. The third-order valence-electron chi connectivity index (χ3n) is 2.84. The molecule has 0 aromatic heterocycles. The van der Waals surface area contributed by atoms with Gasteiger partial charge in [-0.1, -0.05) is 17.7 Å². The van der Waals surface area contributed by atoms with E-state index in [0.717, 1.165) is 25.1 Å². The van der Waals surface area contributed by atoms with Gasteiger partial charge in [0.15, 0.2) is 0 Å². The summed E-state index contributed by atoms with van der Waals surface area (Å²) in [6, 6.07) is 7.19. The van der Waals surface area contributed by atoms with Crippen molar-refractivity contribution in [3.05, 3.63) is 29.3 Å². The molecular weight excluding hydrogens is 238 g/mol. The van der Waals surface area contributed by atoms with Crippen LogP contribution >= 0.6 is 11.6 Å². The minimum atomic E-state index is 0.0303. The fourth-order valence-electron chi connectivity index (χ4n) is 2.01. The van der Waals surface area contributed by atoms with Crippen LogP contribution in [0.2, 0.25) is 5.02 Å².